The number of rotatable bonds is 8. The number of benzene rings is 2. The first-order valence-corrected chi connectivity index (χ1v) is 12.1. The first-order valence-electron chi connectivity index (χ1n) is 11.7. The van der Waals surface area contributed by atoms with Crippen LogP contribution in [0, 0.1) is 6.92 Å². The topological polar surface area (TPSA) is 175 Å². The molecular weight excluding hydrogens is 530 g/mol. The van der Waals surface area contributed by atoms with Crippen LogP contribution in [0.4, 0.5) is 5.69 Å². The van der Waals surface area contributed by atoms with E-state index < -0.39 is 23.9 Å². The molecule has 204 valence electrons. The molecule has 2 heterocycles. The molecule has 0 unspecified atom stereocenters. The van der Waals surface area contributed by atoms with Crippen LogP contribution in [0.2, 0.25) is 5.02 Å². The molecule has 0 amide bonds. The Morgan fingerprint density at radius 1 is 1.10 bits per heavy atom. The number of carbonyl (C=O) groups is 1. The number of ether oxygens (including phenoxy) is 1. The molecule has 0 spiro atoms. The number of hydrogen-bond donors (Lipinski definition) is 2. The predicted molar refractivity (Wildman–Crippen MR) is 141 cm³/mol. The lowest BCUT2D eigenvalue weighted by atomic mass is 10.2. The van der Waals surface area contributed by atoms with Gasteiger partial charge in [-0.2, -0.15) is 10.6 Å². The summed E-state index contributed by atoms with van der Waals surface area (Å²) in [7, 11) is 0. The van der Waals surface area contributed by atoms with Crippen molar-refractivity contribution >= 4 is 23.3 Å². The molecule has 0 saturated heterocycles. The Morgan fingerprint density at radius 3 is 2.46 bits per heavy atom. The first-order chi connectivity index (χ1) is 18.6. The highest BCUT2D eigenvalue weighted by Gasteiger charge is 2.18. The predicted octanol–water partition coefficient (Wildman–Crippen LogP) is 1.62. The molecule has 0 saturated carbocycles. The average molecular weight is 556 g/mol. The fourth-order valence-corrected chi connectivity index (χ4v) is 3.82. The fourth-order valence-electron chi connectivity index (χ4n) is 3.70. The third-order valence-electron chi connectivity index (χ3n) is 5.52. The summed E-state index contributed by atoms with van der Waals surface area (Å²) < 4.78 is 13.8. The van der Waals surface area contributed by atoms with E-state index in [0.29, 0.717) is 22.0 Å². The lowest BCUT2D eigenvalue weighted by Crippen LogP contribution is -2.57. The molecule has 0 aliphatic heterocycles. The first kappa shape index (κ1) is 27.4. The molecule has 0 atom stereocenters. The summed E-state index contributed by atoms with van der Waals surface area (Å²) in [6, 6.07) is 12.0. The van der Waals surface area contributed by atoms with E-state index in [-0.39, 0.29) is 29.9 Å². The summed E-state index contributed by atoms with van der Waals surface area (Å²) in [4.78, 5) is 51.0. The van der Waals surface area contributed by atoms with Gasteiger partial charge < -0.3 is 19.8 Å². The summed E-state index contributed by atoms with van der Waals surface area (Å²) in [5.41, 5.74) is -0.00520. The molecule has 4 rings (SSSR count). The highest BCUT2D eigenvalue weighted by atomic mass is 35.5. The number of hydrogen-bond acceptors (Lipinski definition) is 10. The molecule has 0 fully saturated rings. The Morgan fingerprint density at radius 2 is 1.82 bits per heavy atom. The minimum atomic E-state index is -0.944. The van der Waals surface area contributed by atoms with Crippen molar-refractivity contribution in [3.8, 4) is 5.75 Å². The Bertz CT molecular complexity index is 1700. The monoisotopic (exact) mass is 555 g/mol. The molecule has 39 heavy (non-hydrogen) atoms. The molecule has 4 aromatic rings. The Kier molecular flexibility index (Phi) is 8.02. The van der Waals surface area contributed by atoms with Gasteiger partial charge in [0.15, 0.2) is 5.69 Å². The van der Waals surface area contributed by atoms with Gasteiger partial charge in [0.1, 0.15) is 18.6 Å². The van der Waals surface area contributed by atoms with Gasteiger partial charge in [-0.3, -0.25) is 4.57 Å². The molecule has 0 aliphatic rings. The van der Waals surface area contributed by atoms with Gasteiger partial charge in [-0.1, -0.05) is 23.7 Å². The van der Waals surface area contributed by atoms with Gasteiger partial charge in [-0.25, -0.2) is 28.9 Å². The van der Waals surface area contributed by atoms with Crippen molar-refractivity contribution in [3.05, 3.63) is 103 Å². The zero-order valence-electron chi connectivity index (χ0n) is 21.3. The van der Waals surface area contributed by atoms with Gasteiger partial charge in [0, 0.05) is 5.02 Å². The zero-order chi connectivity index (χ0) is 28.3. The zero-order valence-corrected chi connectivity index (χ0v) is 22.1. The molecular formula is C25H26ClN7O6. The summed E-state index contributed by atoms with van der Waals surface area (Å²) in [6.07, 6.45) is 0.979. The second kappa shape index (κ2) is 11.4. The number of carbonyl (C=O) groups excluding carboxylic acids is 1. The molecule has 4 N–H and O–H groups in total. The Labute approximate surface area is 226 Å². The van der Waals surface area contributed by atoms with E-state index in [4.69, 9.17) is 32.5 Å². The van der Waals surface area contributed by atoms with Gasteiger partial charge >= 0.3 is 17.3 Å². The van der Waals surface area contributed by atoms with E-state index in [2.05, 4.69) is 14.8 Å². The largest absolute Gasteiger partial charge is 0.491 e. The van der Waals surface area contributed by atoms with Crippen molar-refractivity contribution in [2.45, 2.75) is 40.0 Å². The van der Waals surface area contributed by atoms with Gasteiger partial charge in [0.05, 0.1) is 18.3 Å². The highest BCUT2D eigenvalue weighted by Crippen LogP contribution is 2.24. The Hall–Kier alpha value is -4.62. The smallest absolute Gasteiger partial charge is 0.378 e. The number of aryl methyl sites for hydroxylation is 1. The molecule has 2 aromatic carbocycles. The third kappa shape index (κ3) is 6.10. The van der Waals surface area contributed by atoms with E-state index in [1.807, 2.05) is 20.8 Å². The fraction of sp³-hybridized carbons (Fsp3) is 0.240. The molecule has 0 bridgehead atoms. The van der Waals surface area contributed by atoms with E-state index >= 15 is 0 Å². The number of nitrogens with zero attached hydrogens (tertiary/aromatic N) is 5. The van der Waals surface area contributed by atoms with Gasteiger partial charge in [-0.05, 0) is 62.2 Å². The third-order valence-corrected chi connectivity index (χ3v) is 5.77. The van der Waals surface area contributed by atoms with Crippen LogP contribution in [0.15, 0.2) is 67.7 Å². The molecule has 14 heteroatoms. The van der Waals surface area contributed by atoms with Crippen molar-refractivity contribution < 1.29 is 18.8 Å². The Balaban J connectivity index is 1.87. The van der Waals surface area contributed by atoms with Crippen LogP contribution in [0.5, 0.6) is 5.75 Å². The maximum Gasteiger partial charge on any atom is 0.378 e. The van der Waals surface area contributed by atoms with Crippen molar-refractivity contribution in [1.82, 2.24) is 18.8 Å². The maximum absolute atomic E-state index is 13.6. The van der Waals surface area contributed by atoms with Gasteiger partial charge in [0.2, 0.25) is 11.5 Å². The SMILES string of the molecule is Cc1cc(N=c2n(N)c(=O)n(Cc3nc(C(=O)ON)co3)c(=O)n2Cc2ccc(Cl)cc2)ccc1OC(C)C. The second-order valence-corrected chi connectivity index (χ2v) is 9.23. The second-order valence-electron chi connectivity index (χ2n) is 8.79. The van der Waals surface area contributed by atoms with Crippen molar-refractivity contribution in [2.24, 2.45) is 10.9 Å². The summed E-state index contributed by atoms with van der Waals surface area (Å²) in [5, 5.41) is 0.518. The summed E-state index contributed by atoms with van der Waals surface area (Å²) in [5.74, 6) is 10.7. The van der Waals surface area contributed by atoms with Gasteiger partial charge in [-0.15, -0.1) is 0 Å². The quantitative estimate of drug-likeness (QED) is 0.242. The molecule has 0 radical (unpaired) electrons. The van der Waals surface area contributed by atoms with E-state index in [9.17, 15) is 14.4 Å². The van der Waals surface area contributed by atoms with Crippen molar-refractivity contribution in [3.63, 3.8) is 0 Å². The average Bonchev–Trinajstić information content (AvgIpc) is 3.38. The normalized spacial score (nSPS) is 11.7. The summed E-state index contributed by atoms with van der Waals surface area (Å²) >= 11 is 6.01. The standard InChI is InChI=1S/C25H26ClN7O6/c1-14(2)38-20-9-8-18(10-15(20)3)29-23-31(11-16-4-6-17(26)7-5-16)24(35)32(25(36)33(23)27)12-21-30-19(13-37-21)22(34)39-28/h4-10,13-14H,11-12,27-28H2,1-3H3. The van der Waals surface area contributed by atoms with Crippen LogP contribution in [0.3, 0.4) is 0 Å². The molecule has 13 nitrogen and oxygen atoms in total. The minimum Gasteiger partial charge on any atom is -0.491 e. The van der Waals surface area contributed by atoms with Crippen LogP contribution in [0.1, 0.15) is 41.4 Å². The number of nitrogens with two attached hydrogens (primary N) is 2. The van der Waals surface area contributed by atoms with Crippen LogP contribution in [-0.4, -0.2) is 30.9 Å². The summed E-state index contributed by atoms with van der Waals surface area (Å²) in [6.45, 7) is 5.28. The van der Waals surface area contributed by atoms with Crippen LogP contribution in [-0.2, 0) is 17.9 Å². The van der Waals surface area contributed by atoms with E-state index in [1.54, 1.807) is 42.5 Å². The molecule has 0 aliphatic carbocycles. The lowest BCUT2D eigenvalue weighted by molar-refractivity contribution is 0.0496. The van der Waals surface area contributed by atoms with Crippen LogP contribution >= 0.6 is 11.6 Å². The van der Waals surface area contributed by atoms with Gasteiger partial charge in [0.25, 0.3) is 0 Å². The van der Waals surface area contributed by atoms with Crippen LogP contribution < -0.4 is 33.5 Å². The molecule has 2 aromatic heterocycles. The lowest BCUT2D eigenvalue weighted by Gasteiger charge is -2.14. The highest BCUT2D eigenvalue weighted by molar-refractivity contribution is 6.30. The number of oxazole rings is 1. The van der Waals surface area contributed by atoms with Crippen LogP contribution in [0.25, 0.3) is 0 Å². The number of halogens is 1. The number of nitrogen functional groups attached to an aromatic ring is 1. The maximum atomic E-state index is 13.6. The van der Waals surface area contributed by atoms with Crippen molar-refractivity contribution in [2.75, 3.05) is 5.84 Å². The number of aromatic nitrogens is 4. The van der Waals surface area contributed by atoms with Crippen molar-refractivity contribution in [1.29, 1.82) is 0 Å². The minimum absolute atomic E-state index is 0.0101. The van der Waals surface area contributed by atoms with E-state index in [1.165, 1.54) is 4.57 Å². The van der Waals surface area contributed by atoms with E-state index in [0.717, 1.165) is 21.1 Å².